The molecule has 0 unspecified atom stereocenters. The summed E-state index contributed by atoms with van der Waals surface area (Å²) < 4.78 is 28.5. The Morgan fingerprint density at radius 1 is 0.958 bits per heavy atom. The molecule has 3 fully saturated rings. The summed E-state index contributed by atoms with van der Waals surface area (Å²) in [6.45, 7) is 2.60. The van der Waals surface area contributed by atoms with Gasteiger partial charge < -0.3 is 0 Å². The summed E-state index contributed by atoms with van der Waals surface area (Å²) in [5, 5.41) is 0. The highest BCUT2D eigenvalue weighted by atomic mass is 32.2. The van der Waals surface area contributed by atoms with Gasteiger partial charge in [-0.15, -0.1) is 0 Å². The highest BCUT2D eigenvalue weighted by Gasteiger charge is 2.43. The fraction of sp³-hybridized carbons (Fsp3) is 0.667. The van der Waals surface area contributed by atoms with Crippen molar-refractivity contribution in [2.75, 3.05) is 33.7 Å². The van der Waals surface area contributed by atoms with E-state index in [4.69, 9.17) is 0 Å². The van der Waals surface area contributed by atoms with Gasteiger partial charge in [0.1, 0.15) is 0 Å². The van der Waals surface area contributed by atoms with Crippen LogP contribution >= 0.6 is 0 Å². The maximum Gasteiger partial charge on any atom is 0.281 e. The number of benzene rings is 1. The van der Waals surface area contributed by atoms with E-state index in [0.717, 1.165) is 38.8 Å². The van der Waals surface area contributed by atoms with E-state index >= 15 is 0 Å². The Morgan fingerprint density at radius 2 is 1.62 bits per heavy atom. The van der Waals surface area contributed by atoms with Crippen LogP contribution in [0.4, 0.5) is 0 Å². The molecule has 5 nitrogen and oxygen atoms in total. The lowest BCUT2D eigenvalue weighted by atomic mass is 9.97. The molecular formula is C18H27N3O2S. The van der Waals surface area contributed by atoms with E-state index in [-0.39, 0.29) is 6.04 Å². The molecule has 2 bridgehead atoms. The largest absolute Gasteiger partial charge is 0.298 e. The first-order valence-corrected chi connectivity index (χ1v) is 10.3. The molecule has 3 heterocycles. The first-order chi connectivity index (χ1) is 11.4. The molecule has 0 saturated carbocycles. The molecule has 6 heteroatoms. The summed E-state index contributed by atoms with van der Waals surface area (Å²) in [6.07, 6.45) is 4.36. The summed E-state index contributed by atoms with van der Waals surface area (Å²) in [5.74, 6) is 0.460. The molecule has 2 atom stereocenters. The molecule has 0 N–H and O–H groups in total. The highest BCUT2D eigenvalue weighted by Crippen LogP contribution is 2.34. The number of hydrogen-bond donors (Lipinski definition) is 0. The van der Waals surface area contributed by atoms with Crippen molar-refractivity contribution in [1.29, 1.82) is 0 Å². The standard InChI is InChI=1S/C18H27N3O2S/c1-19(2)24(22,23)21-12-14-7-8-17(21)13-20(11-14)18-9-15-5-3-4-6-16(15)10-18/h3-6,14,17-18H,7-13H2,1-2H3/t14-,17+/m0/s1. The van der Waals surface area contributed by atoms with Crippen LogP contribution in [-0.2, 0) is 23.1 Å². The molecule has 1 aliphatic carbocycles. The van der Waals surface area contributed by atoms with E-state index in [1.54, 1.807) is 18.4 Å². The zero-order valence-corrected chi connectivity index (χ0v) is 15.4. The summed E-state index contributed by atoms with van der Waals surface area (Å²) in [6, 6.07) is 9.39. The van der Waals surface area contributed by atoms with Crippen molar-refractivity contribution in [3.63, 3.8) is 0 Å². The van der Waals surface area contributed by atoms with E-state index in [1.807, 2.05) is 0 Å². The first-order valence-electron chi connectivity index (χ1n) is 8.95. The van der Waals surface area contributed by atoms with E-state index < -0.39 is 10.2 Å². The van der Waals surface area contributed by atoms with Crippen LogP contribution in [-0.4, -0.2) is 67.7 Å². The van der Waals surface area contributed by atoms with Gasteiger partial charge >= 0.3 is 0 Å². The van der Waals surface area contributed by atoms with Gasteiger partial charge in [-0.2, -0.15) is 17.0 Å². The third-order valence-corrected chi connectivity index (χ3v) is 7.96. The molecule has 0 radical (unpaired) electrons. The summed E-state index contributed by atoms with van der Waals surface area (Å²) in [5.41, 5.74) is 2.94. The fourth-order valence-corrected chi connectivity index (χ4v) is 6.03. The fourth-order valence-electron chi connectivity index (χ4n) is 4.66. The van der Waals surface area contributed by atoms with Crippen LogP contribution < -0.4 is 0 Å². The van der Waals surface area contributed by atoms with E-state index in [9.17, 15) is 8.42 Å². The lowest BCUT2D eigenvalue weighted by Crippen LogP contribution is -2.51. The first kappa shape index (κ1) is 16.5. The van der Waals surface area contributed by atoms with Gasteiger partial charge in [0, 0.05) is 45.8 Å². The number of piperidine rings is 1. The van der Waals surface area contributed by atoms with Crippen molar-refractivity contribution >= 4 is 10.2 Å². The second-order valence-corrected chi connectivity index (χ2v) is 9.84. The zero-order chi connectivity index (χ0) is 16.9. The Kier molecular flexibility index (Phi) is 4.19. The molecule has 132 valence electrons. The normalized spacial score (nSPS) is 29.1. The predicted molar refractivity (Wildman–Crippen MR) is 95.0 cm³/mol. The van der Waals surface area contributed by atoms with Crippen LogP contribution in [0.15, 0.2) is 24.3 Å². The summed E-state index contributed by atoms with van der Waals surface area (Å²) in [4.78, 5) is 2.58. The van der Waals surface area contributed by atoms with E-state index in [0.29, 0.717) is 18.5 Å². The average Bonchev–Trinajstić information content (AvgIpc) is 2.77. The second kappa shape index (κ2) is 6.09. The van der Waals surface area contributed by atoms with Crippen LogP contribution in [0.3, 0.4) is 0 Å². The van der Waals surface area contributed by atoms with Crippen molar-refractivity contribution in [3.8, 4) is 0 Å². The minimum atomic E-state index is -3.31. The Balaban J connectivity index is 1.54. The molecule has 24 heavy (non-hydrogen) atoms. The van der Waals surface area contributed by atoms with E-state index in [2.05, 4.69) is 29.2 Å². The SMILES string of the molecule is CN(C)S(=O)(=O)N1C[C@H]2CC[C@@H]1CN(C1Cc3ccccc3C1)C2. The van der Waals surface area contributed by atoms with Gasteiger partial charge in [-0.25, -0.2) is 0 Å². The van der Waals surface area contributed by atoms with Crippen LogP contribution in [0.5, 0.6) is 0 Å². The van der Waals surface area contributed by atoms with Gasteiger partial charge in [0.15, 0.2) is 0 Å². The lowest BCUT2D eigenvalue weighted by molar-refractivity contribution is 0.188. The van der Waals surface area contributed by atoms with Gasteiger partial charge in [-0.05, 0) is 42.7 Å². The Bertz CT molecular complexity index is 694. The molecule has 1 aromatic rings. The van der Waals surface area contributed by atoms with Crippen molar-refractivity contribution in [3.05, 3.63) is 35.4 Å². The Labute approximate surface area is 145 Å². The molecule has 4 aliphatic rings. The van der Waals surface area contributed by atoms with Crippen molar-refractivity contribution < 1.29 is 8.42 Å². The average molecular weight is 350 g/mol. The third-order valence-electron chi connectivity index (χ3n) is 6.00. The Morgan fingerprint density at radius 3 is 2.25 bits per heavy atom. The van der Waals surface area contributed by atoms with Crippen molar-refractivity contribution in [1.82, 2.24) is 13.5 Å². The highest BCUT2D eigenvalue weighted by molar-refractivity contribution is 7.86. The molecule has 5 rings (SSSR count). The van der Waals surface area contributed by atoms with Gasteiger partial charge in [-0.3, -0.25) is 4.90 Å². The zero-order valence-electron chi connectivity index (χ0n) is 14.6. The summed E-state index contributed by atoms with van der Waals surface area (Å²) >= 11 is 0. The molecular weight excluding hydrogens is 322 g/mol. The molecule has 0 aromatic heterocycles. The number of nitrogens with zero attached hydrogens (tertiary/aromatic N) is 3. The van der Waals surface area contributed by atoms with Crippen LogP contribution in [0.1, 0.15) is 24.0 Å². The van der Waals surface area contributed by atoms with Crippen LogP contribution in [0.25, 0.3) is 0 Å². The third kappa shape index (κ3) is 2.79. The quantitative estimate of drug-likeness (QED) is 0.828. The van der Waals surface area contributed by atoms with Crippen LogP contribution in [0, 0.1) is 5.92 Å². The molecule has 3 saturated heterocycles. The smallest absolute Gasteiger partial charge is 0.281 e. The molecule has 0 amide bonds. The van der Waals surface area contributed by atoms with Gasteiger partial charge in [0.05, 0.1) is 0 Å². The van der Waals surface area contributed by atoms with Crippen molar-refractivity contribution in [2.24, 2.45) is 5.92 Å². The Hall–Kier alpha value is -0.950. The maximum atomic E-state index is 12.7. The second-order valence-electron chi connectivity index (χ2n) is 7.74. The monoisotopic (exact) mass is 349 g/mol. The number of hydrogen-bond acceptors (Lipinski definition) is 3. The van der Waals surface area contributed by atoms with Crippen molar-refractivity contribution in [2.45, 2.75) is 37.8 Å². The number of fused-ring (bicyclic) bond motifs is 5. The minimum Gasteiger partial charge on any atom is -0.298 e. The molecule has 0 spiro atoms. The van der Waals surface area contributed by atoms with Gasteiger partial charge in [-0.1, -0.05) is 24.3 Å². The maximum absolute atomic E-state index is 12.7. The molecule has 3 aliphatic heterocycles. The minimum absolute atomic E-state index is 0.125. The lowest BCUT2D eigenvalue weighted by Gasteiger charge is -2.36. The van der Waals surface area contributed by atoms with Gasteiger partial charge in [0.25, 0.3) is 10.2 Å². The number of rotatable bonds is 3. The summed E-state index contributed by atoms with van der Waals surface area (Å²) in [7, 11) is -0.0384. The predicted octanol–water partition coefficient (Wildman–Crippen LogP) is 1.36. The topological polar surface area (TPSA) is 43.9 Å². The van der Waals surface area contributed by atoms with Crippen LogP contribution in [0.2, 0.25) is 0 Å². The van der Waals surface area contributed by atoms with E-state index in [1.165, 1.54) is 15.4 Å². The molecule has 1 aromatic carbocycles. The van der Waals surface area contributed by atoms with Gasteiger partial charge in [0.2, 0.25) is 0 Å².